The molecule has 0 aliphatic rings. The number of anilines is 3. The SMILES string of the molecule is COc1cc(/C=N/NC(=O)c2ccc(-c3csc(Nc4ccccc4)n3)cc2)cc(Br)c1OCC(=O)Nc1cccc(C)c1C. The lowest BCUT2D eigenvalue weighted by atomic mass is 10.1. The monoisotopic (exact) mass is 683 g/mol. The van der Waals surface area contributed by atoms with Gasteiger partial charge in [-0.1, -0.05) is 42.5 Å². The molecule has 0 spiro atoms. The first kappa shape index (κ1) is 31.4. The van der Waals surface area contributed by atoms with Gasteiger partial charge in [-0.05, 0) is 88.9 Å². The molecule has 4 aromatic carbocycles. The maximum absolute atomic E-state index is 12.7. The predicted molar refractivity (Wildman–Crippen MR) is 183 cm³/mol. The quantitative estimate of drug-likeness (QED) is 0.0970. The summed E-state index contributed by atoms with van der Waals surface area (Å²) in [6.45, 7) is 3.73. The lowest BCUT2D eigenvalue weighted by molar-refractivity contribution is -0.118. The molecule has 0 aliphatic heterocycles. The van der Waals surface area contributed by atoms with Gasteiger partial charge in [0.25, 0.3) is 11.8 Å². The summed E-state index contributed by atoms with van der Waals surface area (Å²) < 4.78 is 11.8. The van der Waals surface area contributed by atoms with Gasteiger partial charge < -0.3 is 20.1 Å². The van der Waals surface area contributed by atoms with Crippen LogP contribution in [0.5, 0.6) is 11.5 Å². The molecule has 3 N–H and O–H groups in total. The van der Waals surface area contributed by atoms with Crippen LogP contribution in [0.25, 0.3) is 11.3 Å². The molecular formula is C34H30BrN5O4S. The van der Waals surface area contributed by atoms with Crippen molar-refractivity contribution >= 4 is 61.8 Å². The van der Waals surface area contributed by atoms with Gasteiger partial charge in [0.1, 0.15) is 0 Å². The van der Waals surface area contributed by atoms with Gasteiger partial charge in [-0.2, -0.15) is 5.10 Å². The average molecular weight is 685 g/mol. The van der Waals surface area contributed by atoms with E-state index in [-0.39, 0.29) is 18.4 Å². The van der Waals surface area contributed by atoms with E-state index in [4.69, 9.17) is 9.47 Å². The van der Waals surface area contributed by atoms with E-state index in [0.717, 1.165) is 38.9 Å². The third kappa shape index (κ3) is 8.14. The molecule has 0 saturated heterocycles. The van der Waals surface area contributed by atoms with Crippen molar-refractivity contribution < 1.29 is 19.1 Å². The number of benzene rings is 4. The molecule has 0 radical (unpaired) electrons. The number of methoxy groups -OCH3 is 1. The summed E-state index contributed by atoms with van der Waals surface area (Å²) >= 11 is 4.99. The molecule has 9 nitrogen and oxygen atoms in total. The highest BCUT2D eigenvalue weighted by atomic mass is 79.9. The number of para-hydroxylation sites is 1. The minimum absolute atomic E-state index is 0.209. The van der Waals surface area contributed by atoms with Gasteiger partial charge in [-0.3, -0.25) is 9.59 Å². The minimum atomic E-state index is -0.358. The fourth-order valence-corrected chi connectivity index (χ4v) is 5.61. The molecule has 0 fully saturated rings. The summed E-state index contributed by atoms with van der Waals surface area (Å²) in [6.07, 6.45) is 1.49. The predicted octanol–water partition coefficient (Wildman–Crippen LogP) is 7.72. The van der Waals surface area contributed by atoms with Crippen LogP contribution in [0.15, 0.2) is 99.9 Å². The van der Waals surface area contributed by atoms with Crippen molar-refractivity contribution in [2.75, 3.05) is 24.4 Å². The van der Waals surface area contributed by atoms with Crippen LogP contribution in [-0.4, -0.2) is 36.7 Å². The van der Waals surface area contributed by atoms with E-state index in [9.17, 15) is 9.59 Å². The average Bonchev–Trinajstić information content (AvgIpc) is 3.51. The molecule has 0 saturated carbocycles. The Hall–Kier alpha value is -5.00. The Morgan fingerprint density at radius 3 is 2.53 bits per heavy atom. The molecule has 1 heterocycles. The van der Waals surface area contributed by atoms with E-state index in [1.54, 1.807) is 24.3 Å². The fourth-order valence-electron chi connectivity index (χ4n) is 4.30. The zero-order chi connectivity index (χ0) is 31.8. The maximum atomic E-state index is 12.7. The number of carbonyl (C=O) groups excluding carboxylic acids is 2. The Kier molecular flexibility index (Phi) is 10.2. The van der Waals surface area contributed by atoms with Gasteiger partial charge in [-0.25, -0.2) is 10.4 Å². The number of nitrogens with zero attached hydrogens (tertiary/aromatic N) is 2. The smallest absolute Gasteiger partial charge is 0.271 e. The van der Waals surface area contributed by atoms with Gasteiger partial charge in [0, 0.05) is 27.9 Å². The Balaban J connectivity index is 1.16. The summed E-state index contributed by atoms with van der Waals surface area (Å²) in [7, 11) is 1.50. The van der Waals surface area contributed by atoms with Gasteiger partial charge in [0.05, 0.1) is 23.5 Å². The minimum Gasteiger partial charge on any atom is -0.493 e. The molecule has 5 aromatic rings. The van der Waals surface area contributed by atoms with Crippen molar-refractivity contribution in [1.82, 2.24) is 10.4 Å². The van der Waals surface area contributed by atoms with Crippen molar-refractivity contribution in [2.45, 2.75) is 13.8 Å². The van der Waals surface area contributed by atoms with Crippen molar-refractivity contribution in [3.05, 3.63) is 117 Å². The van der Waals surface area contributed by atoms with Crippen LogP contribution in [0, 0.1) is 13.8 Å². The van der Waals surface area contributed by atoms with Gasteiger partial charge >= 0.3 is 0 Å². The Bertz CT molecular complexity index is 1840. The topological polar surface area (TPSA) is 114 Å². The van der Waals surface area contributed by atoms with Crippen LogP contribution in [0.2, 0.25) is 0 Å². The first-order valence-corrected chi connectivity index (χ1v) is 15.6. The molecule has 11 heteroatoms. The van der Waals surface area contributed by atoms with E-state index < -0.39 is 0 Å². The van der Waals surface area contributed by atoms with Gasteiger partial charge in [-0.15, -0.1) is 11.3 Å². The lowest BCUT2D eigenvalue weighted by Gasteiger charge is -2.14. The molecule has 228 valence electrons. The second-order valence-electron chi connectivity index (χ2n) is 9.92. The summed E-state index contributed by atoms with van der Waals surface area (Å²) in [5.41, 5.74) is 9.15. The number of halogens is 1. The van der Waals surface area contributed by atoms with Crippen LogP contribution in [-0.2, 0) is 4.79 Å². The van der Waals surface area contributed by atoms with Crippen molar-refractivity contribution in [1.29, 1.82) is 0 Å². The Morgan fingerprint density at radius 1 is 1.00 bits per heavy atom. The molecule has 45 heavy (non-hydrogen) atoms. The second kappa shape index (κ2) is 14.7. The zero-order valence-electron chi connectivity index (χ0n) is 24.8. The number of ether oxygens (including phenoxy) is 2. The summed E-state index contributed by atoms with van der Waals surface area (Å²) in [5, 5.41) is 13.0. The summed E-state index contributed by atoms with van der Waals surface area (Å²) in [6, 6.07) is 26.2. The maximum Gasteiger partial charge on any atom is 0.271 e. The standard InChI is InChI=1S/C34H30BrN5O4S/c1-21-8-7-11-28(22(21)2)38-31(41)19-44-32-27(35)16-23(17-30(32)43-3)18-36-40-33(42)25-14-12-24(13-15-25)29-20-45-34(39-29)37-26-9-5-4-6-10-26/h4-18,20H,19H2,1-3H3,(H,37,39)(H,38,41)(H,40,42)/b36-18+. The molecule has 0 bridgehead atoms. The lowest BCUT2D eigenvalue weighted by Crippen LogP contribution is -2.21. The molecular weight excluding hydrogens is 654 g/mol. The highest BCUT2D eigenvalue weighted by Gasteiger charge is 2.15. The highest BCUT2D eigenvalue weighted by molar-refractivity contribution is 9.10. The largest absolute Gasteiger partial charge is 0.493 e. The molecule has 1 aromatic heterocycles. The molecule has 0 unspecified atom stereocenters. The van der Waals surface area contributed by atoms with Crippen LogP contribution in [0.4, 0.5) is 16.5 Å². The zero-order valence-corrected chi connectivity index (χ0v) is 27.2. The van der Waals surface area contributed by atoms with E-state index in [1.165, 1.54) is 24.7 Å². The fraction of sp³-hybridized carbons (Fsp3) is 0.118. The molecule has 5 rings (SSSR count). The molecule has 0 atom stereocenters. The van der Waals surface area contributed by atoms with Crippen molar-refractivity contribution in [3.63, 3.8) is 0 Å². The summed E-state index contributed by atoms with van der Waals surface area (Å²) in [4.78, 5) is 29.9. The van der Waals surface area contributed by atoms with Gasteiger partial charge in [0.15, 0.2) is 23.2 Å². The number of amides is 2. The van der Waals surface area contributed by atoms with Crippen molar-refractivity contribution in [3.8, 4) is 22.8 Å². The van der Waals surface area contributed by atoms with Crippen LogP contribution < -0.4 is 25.5 Å². The number of hydrazone groups is 1. The molecule has 2 amide bonds. The number of aromatic nitrogens is 1. The van der Waals surface area contributed by atoms with E-state index in [2.05, 4.69) is 42.1 Å². The van der Waals surface area contributed by atoms with E-state index in [1.807, 2.05) is 79.9 Å². The number of rotatable bonds is 11. The van der Waals surface area contributed by atoms with E-state index in [0.29, 0.717) is 27.1 Å². The van der Waals surface area contributed by atoms with Crippen LogP contribution in [0.3, 0.4) is 0 Å². The Labute approximate surface area is 273 Å². The number of carbonyl (C=O) groups is 2. The summed E-state index contributed by atoms with van der Waals surface area (Å²) in [5.74, 6) is 0.119. The first-order valence-electron chi connectivity index (χ1n) is 13.9. The number of thiazole rings is 1. The third-order valence-electron chi connectivity index (χ3n) is 6.83. The van der Waals surface area contributed by atoms with E-state index >= 15 is 0 Å². The van der Waals surface area contributed by atoms with Gasteiger partial charge in [0.2, 0.25) is 0 Å². The molecule has 0 aliphatic carbocycles. The number of hydrogen-bond donors (Lipinski definition) is 3. The first-order chi connectivity index (χ1) is 21.8. The normalized spacial score (nSPS) is 10.8. The van der Waals surface area contributed by atoms with Crippen LogP contribution >= 0.6 is 27.3 Å². The Morgan fingerprint density at radius 2 is 1.78 bits per heavy atom. The van der Waals surface area contributed by atoms with Crippen LogP contribution in [0.1, 0.15) is 27.0 Å². The third-order valence-corrected chi connectivity index (χ3v) is 8.18. The number of nitrogens with one attached hydrogen (secondary N) is 3. The highest BCUT2D eigenvalue weighted by Crippen LogP contribution is 2.36. The second-order valence-corrected chi connectivity index (χ2v) is 11.6. The number of aryl methyl sites for hydroxylation is 1. The number of hydrogen-bond acceptors (Lipinski definition) is 8. The van der Waals surface area contributed by atoms with Crippen molar-refractivity contribution in [2.24, 2.45) is 5.10 Å².